The van der Waals surface area contributed by atoms with Gasteiger partial charge in [-0.05, 0) is 20.8 Å². The van der Waals surface area contributed by atoms with Crippen molar-refractivity contribution >= 4 is 29.7 Å². The van der Waals surface area contributed by atoms with E-state index in [4.69, 9.17) is 9.84 Å². The number of carboxylic acid groups (broad SMARTS) is 1. The number of carboxylic acids is 1. The fourth-order valence-corrected chi connectivity index (χ4v) is 1.84. The van der Waals surface area contributed by atoms with Gasteiger partial charge in [0.25, 0.3) is 0 Å². The highest BCUT2D eigenvalue weighted by atomic mass is 32.2. The van der Waals surface area contributed by atoms with Crippen LogP contribution in [0.2, 0.25) is 0 Å². The lowest BCUT2D eigenvalue weighted by Gasteiger charge is -2.21. The third-order valence-electron chi connectivity index (χ3n) is 1.70. The molecule has 0 unspecified atom stereocenters. The predicted octanol–water partition coefficient (Wildman–Crippen LogP) is 0.791. The van der Waals surface area contributed by atoms with E-state index in [9.17, 15) is 14.4 Å². The molecule has 0 radical (unpaired) electrons. The molecule has 0 aromatic heterocycles. The number of hydrogen-bond acceptors (Lipinski definition) is 5. The average molecular weight is 292 g/mol. The van der Waals surface area contributed by atoms with E-state index in [1.165, 1.54) is 18.7 Å². The predicted molar refractivity (Wildman–Crippen MR) is 71.9 cm³/mol. The van der Waals surface area contributed by atoms with Crippen LogP contribution >= 0.6 is 11.8 Å². The molecule has 3 N–H and O–H groups in total. The molecule has 0 bridgehead atoms. The fourth-order valence-electron chi connectivity index (χ4n) is 0.954. The highest BCUT2D eigenvalue weighted by Crippen LogP contribution is 2.08. The molecule has 0 heterocycles. The Bertz CT molecular complexity index is 340. The molecule has 0 saturated heterocycles. The van der Waals surface area contributed by atoms with Gasteiger partial charge >= 0.3 is 12.1 Å². The Labute approximate surface area is 116 Å². The maximum absolute atomic E-state index is 11.4. The Morgan fingerprint density at radius 1 is 1.32 bits per heavy atom. The van der Waals surface area contributed by atoms with Crippen LogP contribution in [0.5, 0.6) is 0 Å². The molecule has 0 aliphatic rings. The SMILES string of the molecule is CC(=O)NCSC[C@H](NC(=O)OC(C)(C)C)C(=O)O. The first-order chi connectivity index (χ1) is 8.61. The van der Waals surface area contributed by atoms with Crippen LogP contribution in [-0.2, 0) is 14.3 Å². The van der Waals surface area contributed by atoms with Gasteiger partial charge in [0.05, 0.1) is 5.88 Å². The van der Waals surface area contributed by atoms with Crippen molar-refractivity contribution in [3.63, 3.8) is 0 Å². The van der Waals surface area contributed by atoms with Crippen molar-refractivity contribution in [2.75, 3.05) is 11.6 Å². The van der Waals surface area contributed by atoms with Gasteiger partial charge in [0, 0.05) is 12.7 Å². The molecule has 2 amide bonds. The van der Waals surface area contributed by atoms with Crippen molar-refractivity contribution in [1.82, 2.24) is 10.6 Å². The van der Waals surface area contributed by atoms with E-state index in [-0.39, 0.29) is 17.5 Å². The molecule has 110 valence electrons. The molecule has 0 aliphatic heterocycles. The van der Waals surface area contributed by atoms with Gasteiger partial charge < -0.3 is 20.5 Å². The number of thioether (sulfide) groups is 1. The third-order valence-corrected chi connectivity index (χ3v) is 2.61. The van der Waals surface area contributed by atoms with Crippen molar-refractivity contribution in [1.29, 1.82) is 0 Å². The molecule has 0 rings (SSSR count). The molecule has 0 aliphatic carbocycles. The molecule has 0 spiro atoms. The molecular weight excluding hydrogens is 272 g/mol. The van der Waals surface area contributed by atoms with Crippen LogP contribution in [0.3, 0.4) is 0 Å². The zero-order chi connectivity index (χ0) is 15.1. The van der Waals surface area contributed by atoms with Gasteiger partial charge in [0.1, 0.15) is 11.6 Å². The second kappa shape index (κ2) is 7.88. The minimum absolute atomic E-state index is 0.134. The number of nitrogens with one attached hydrogen (secondary N) is 2. The van der Waals surface area contributed by atoms with E-state index in [0.29, 0.717) is 0 Å². The van der Waals surface area contributed by atoms with Crippen LogP contribution < -0.4 is 10.6 Å². The monoisotopic (exact) mass is 292 g/mol. The van der Waals surface area contributed by atoms with Gasteiger partial charge in [-0.3, -0.25) is 4.79 Å². The largest absolute Gasteiger partial charge is 0.480 e. The summed E-state index contributed by atoms with van der Waals surface area (Å²) in [5.74, 6) is -0.926. The lowest BCUT2D eigenvalue weighted by molar-refractivity contribution is -0.138. The minimum atomic E-state index is -1.15. The van der Waals surface area contributed by atoms with Crippen molar-refractivity contribution in [2.45, 2.75) is 39.3 Å². The first-order valence-corrected chi connectivity index (χ1v) is 6.82. The normalized spacial score (nSPS) is 12.4. The zero-order valence-corrected chi connectivity index (χ0v) is 12.3. The van der Waals surface area contributed by atoms with E-state index >= 15 is 0 Å². The molecule has 0 aromatic carbocycles. The molecule has 1 atom stereocenters. The molecule has 8 heteroatoms. The summed E-state index contributed by atoms with van der Waals surface area (Å²) in [6.07, 6.45) is -0.778. The van der Waals surface area contributed by atoms with Gasteiger partial charge in [-0.1, -0.05) is 0 Å². The highest BCUT2D eigenvalue weighted by molar-refractivity contribution is 7.99. The van der Waals surface area contributed by atoms with Gasteiger partial charge in [0.2, 0.25) is 5.91 Å². The Kier molecular flexibility index (Phi) is 7.28. The molecular formula is C11H20N2O5S. The quantitative estimate of drug-likeness (QED) is 0.494. The van der Waals surface area contributed by atoms with Crippen LogP contribution in [0.15, 0.2) is 0 Å². The van der Waals surface area contributed by atoms with Crippen LogP contribution in [0.25, 0.3) is 0 Å². The number of rotatable bonds is 6. The number of hydrogen-bond donors (Lipinski definition) is 3. The summed E-state index contributed by atoms with van der Waals surface area (Å²) in [5, 5.41) is 13.7. The standard InChI is InChI=1S/C11H20N2O5S/c1-7(14)12-6-19-5-8(9(15)16)13-10(17)18-11(2,3)4/h8H,5-6H2,1-4H3,(H,12,14)(H,13,17)(H,15,16)/t8-/m0/s1. The molecule has 0 fully saturated rings. The first-order valence-electron chi connectivity index (χ1n) is 5.66. The van der Waals surface area contributed by atoms with E-state index < -0.39 is 23.7 Å². The van der Waals surface area contributed by atoms with Crippen LogP contribution in [0.4, 0.5) is 4.79 Å². The smallest absolute Gasteiger partial charge is 0.408 e. The van der Waals surface area contributed by atoms with Crippen molar-refractivity contribution in [3.8, 4) is 0 Å². The number of aliphatic carboxylic acids is 1. The van der Waals surface area contributed by atoms with Crippen molar-refractivity contribution < 1.29 is 24.2 Å². The van der Waals surface area contributed by atoms with Gasteiger partial charge in [0.15, 0.2) is 0 Å². The fraction of sp³-hybridized carbons (Fsp3) is 0.727. The second-order valence-electron chi connectivity index (χ2n) is 4.79. The minimum Gasteiger partial charge on any atom is -0.480 e. The molecule has 19 heavy (non-hydrogen) atoms. The lowest BCUT2D eigenvalue weighted by atomic mass is 10.2. The Morgan fingerprint density at radius 2 is 1.89 bits per heavy atom. The number of ether oxygens (including phenoxy) is 1. The summed E-state index contributed by atoms with van der Waals surface area (Å²) in [7, 11) is 0. The topological polar surface area (TPSA) is 105 Å². The van der Waals surface area contributed by atoms with Crippen LogP contribution in [0.1, 0.15) is 27.7 Å². The molecule has 0 aromatic rings. The van der Waals surface area contributed by atoms with E-state index in [1.54, 1.807) is 20.8 Å². The zero-order valence-electron chi connectivity index (χ0n) is 11.5. The number of carbonyl (C=O) groups is 3. The number of amides is 2. The van der Waals surface area contributed by atoms with E-state index in [2.05, 4.69) is 10.6 Å². The van der Waals surface area contributed by atoms with Gasteiger partial charge in [-0.15, -0.1) is 11.8 Å². The summed E-state index contributed by atoms with van der Waals surface area (Å²) in [5.41, 5.74) is -0.684. The van der Waals surface area contributed by atoms with Crippen molar-refractivity contribution in [3.05, 3.63) is 0 Å². The maximum Gasteiger partial charge on any atom is 0.408 e. The number of carbonyl (C=O) groups excluding carboxylic acids is 2. The van der Waals surface area contributed by atoms with E-state index in [1.807, 2.05) is 0 Å². The molecule has 7 nitrogen and oxygen atoms in total. The maximum atomic E-state index is 11.4. The number of alkyl carbamates (subject to hydrolysis) is 1. The van der Waals surface area contributed by atoms with Crippen LogP contribution in [0, 0.1) is 0 Å². The van der Waals surface area contributed by atoms with Crippen molar-refractivity contribution in [2.24, 2.45) is 0 Å². The first kappa shape index (κ1) is 17.6. The Hall–Kier alpha value is -1.44. The summed E-state index contributed by atoms with van der Waals surface area (Å²) in [6.45, 7) is 6.43. The van der Waals surface area contributed by atoms with E-state index in [0.717, 1.165) is 0 Å². The second-order valence-corrected chi connectivity index (χ2v) is 5.82. The summed E-state index contributed by atoms with van der Waals surface area (Å²) in [4.78, 5) is 33.0. The Morgan fingerprint density at radius 3 is 2.32 bits per heavy atom. The summed E-state index contributed by atoms with van der Waals surface area (Å²) in [6, 6.07) is -1.06. The molecule has 0 saturated carbocycles. The van der Waals surface area contributed by atoms with Crippen LogP contribution in [-0.4, -0.2) is 46.3 Å². The summed E-state index contributed by atoms with van der Waals surface area (Å²) < 4.78 is 4.97. The average Bonchev–Trinajstić information content (AvgIpc) is 2.19. The lowest BCUT2D eigenvalue weighted by Crippen LogP contribution is -2.45. The van der Waals surface area contributed by atoms with Gasteiger partial charge in [-0.25, -0.2) is 9.59 Å². The Balaban J connectivity index is 4.16. The third kappa shape index (κ3) is 10.2. The highest BCUT2D eigenvalue weighted by Gasteiger charge is 2.23. The summed E-state index contributed by atoms with van der Waals surface area (Å²) >= 11 is 1.19. The van der Waals surface area contributed by atoms with Gasteiger partial charge in [-0.2, -0.15) is 0 Å².